The molecule has 0 atom stereocenters. The summed E-state index contributed by atoms with van der Waals surface area (Å²) in [6, 6.07) is 2.73. The van der Waals surface area contributed by atoms with Crippen molar-refractivity contribution in [2.45, 2.75) is 25.9 Å². The largest absolute Gasteiger partial charge is 0.486 e. The van der Waals surface area contributed by atoms with Crippen LogP contribution in [0.5, 0.6) is 5.75 Å². The number of nitro groups is 1. The topological polar surface area (TPSA) is 52.4 Å². The van der Waals surface area contributed by atoms with Crippen LogP contribution in [0.4, 0.5) is 18.9 Å². The van der Waals surface area contributed by atoms with Crippen molar-refractivity contribution >= 4 is 27.7 Å². The maximum absolute atomic E-state index is 12.1. The third-order valence-electron chi connectivity index (χ3n) is 2.36. The van der Waals surface area contributed by atoms with Crippen LogP contribution in [0.15, 0.2) is 22.7 Å². The lowest BCUT2D eigenvalue weighted by Crippen LogP contribution is -2.04. The molecular weight excluding hydrogens is 355 g/mol. The number of alkyl halides is 3. The molecule has 8 heteroatoms. The van der Waals surface area contributed by atoms with E-state index in [4.69, 9.17) is 4.74 Å². The first-order valence-corrected chi connectivity index (χ1v) is 6.88. The SMILES string of the molecule is CCCOc1c(C=CCC(F)(F)F)cc(Br)cc1[N+](=O)[O-]. The number of halogens is 4. The van der Waals surface area contributed by atoms with Gasteiger partial charge in [-0.25, -0.2) is 0 Å². The fraction of sp³-hybridized carbons (Fsp3) is 0.385. The summed E-state index contributed by atoms with van der Waals surface area (Å²) in [5.74, 6) is -0.0246. The molecule has 0 saturated heterocycles. The standard InChI is InChI=1S/C13H13BrF3NO3/c1-2-6-21-12-9(4-3-5-13(15,16)17)7-10(14)8-11(12)18(19)20/h3-4,7-8H,2,5-6H2,1H3. The van der Waals surface area contributed by atoms with Gasteiger partial charge in [0.05, 0.1) is 18.0 Å². The number of rotatable bonds is 6. The van der Waals surface area contributed by atoms with Gasteiger partial charge < -0.3 is 4.74 Å². The molecule has 21 heavy (non-hydrogen) atoms. The zero-order valence-electron chi connectivity index (χ0n) is 11.1. The predicted molar refractivity (Wildman–Crippen MR) is 76.3 cm³/mol. The molecule has 0 aromatic heterocycles. The van der Waals surface area contributed by atoms with Gasteiger partial charge in [0.15, 0.2) is 0 Å². The van der Waals surface area contributed by atoms with Crippen molar-refractivity contribution in [1.82, 2.24) is 0 Å². The molecule has 0 N–H and O–H groups in total. The molecule has 0 bridgehead atoms. The lowest BCUT2D eigenvalue weighted by molar-refractivity contribution is -0.386. The number of ether oxygens (including phenoxy) is 1. The van der Waals surface area contributed by atoms with Gasteiger partial charge in [-0.3, -0.25) is 10.1 Å². The first kappa shape index (κ1) is 17.5. The van der Waals surface area contributed by atoms with Crippen molar-refractivity contribution in [2.24, 2.45) is 0 Å². The van der Waals surface area contributed by atoms with Crippen LogP contribution in [0.25, 0.3) is 6.08 Å². The number of hydrogen-bond acceptors (Lipinski definition) is 3. The van der Waals surface area contributed by atoms with Crippen molar-refractivity contribution in [3.8, 4) is 5.75 Å². The second-order valence-electron chi connectivity index (χ2n) is 4.17. The average Bonchev–Trinajstić information content (AvgIpc) is 2.35. The normalized spacial score (nSPS) is 11.9. The minimum atomic E-state index is -4.32. The Morgan fingerprint density at radius 2 is 2.10 bits per heavy atom. The second kappa shape index (κ2) is 7.44. The van der Waals surface area contributed by atoms with E-state index in [2.05, 4.69) is 15.9 Å². The molecule has 0 spiro atoms. The molecular formula is C13H13BrF3NO3. The van der Waals surface area contributed by atoms with Crippen LogP contribution in [0.3, 0.4) is 0 Å². The molecule has 0 fully saturated rings. The molecule has 0 aliphatic rings. The molecule has 0 saturated carbocycles. The monoisotopic (exact) mass is 367 g/mol. The van der Waals surface area contributed by atoms with E-state index in [9.17, 15) is 23.3 Å². The van der Waals surface area contributed by atoms with Crippen molar-refractivity contribution in [3.05, 3.63) is 38.4 Å². The Morgan fingerprint density at radius 1 is 1.43 bits per heavy atom. The van der Waals surface area contributed by atoms with Gasteiger partial charge in [0.1, 0.15) is 0 Å². The minimum absolute atomic E-state index is 0.0246. The Labute approximate surface area is 127 Å². The summed E-state index contributed by atoms with van der Waals surface area (Å²) in [6.45, 7) is 2.06. The smallest absolute Gasteiger partial charge is 0.392 e. The maximum atomic E-state index is 12.1. The van der Waals surface area contributed by atoms with Crippen LogP contribution in [-0.4, -0.2) is 17.7 Å². The van der Waals surface area contributed by atoms with E-state index in [1.807, 2.05) is 6.92 Å². The molecule has 116 valence electrons. The maximum Gasteiger partial charge on any atom is 0.392 e. The van der Waals surface area contributed by atoms with E-state index < -0.39 is 17.5 Å². The van der Waals surface area contributed by atoms with Gasteiger partial charge in [0.2, 0.25) is 5.75 Å². The fourth-order valence-electron chi connectivity index (χ4n) is 1.54. The highest BCUT2D eigenvalue weighted by atomic mass is 79.9. The molecule has 0 aliphatic heterocycles. The van der Waals surface area contributed by atoms with Crippen LogP contribution >= 0.6 is 15.9 Å². The van der Waals surface area contributed by atoms with Gasteiger partial charge in [-0.1, -0.05) is 35.0 Å². The van der Waals surface area contributed by atoms with Crippen LogP contribution in [0.1, 0.15) is 25.3 Å². The van der Waals surface area contributed by atoms with Gasteiger partial charge in [-0.05, 0) is 12.5 Å². The number of nitrogens with zero attached hydrogens (tertiary/aromatic N) is 1. The number of hydrogen-bond donors (Lipinski definition) is 0. The first-order chi connectivity index (χ1) is 9.74. The lowest BCUT2D eigenvalue weighted by atomic mass is 10.1. The predicted octanol–water partition coefficient (Wildman–Crippen LogP) is 5.11. The van der Waals surface area contributed by atoms with Gasteiger partial charge in [0, 0.05) is 16.1 Å². The van der Waals surface area contributed by atoms with E-state index in [1.54, 1.807) is 0 Å². The molecule has 1 rings (SSSR count). The summed E-state index contributed by atoms with van der Waals surface area (Å²) < 4.78 is 42.2. The van der Waals surface area contributed by atoms with Gasteiger partial charge in [-0.2, -0.15) is 13.2 Å². The second-order valence-corrected chi connectivity index (χ2v) is 5.09. The summed E-state index contributed by atoms with van der Waals surface area (Å²) in [5, 5.41) is 11.0. The summed E-state index contributed by atoms with van der Waals surface area (Å²) in [7, 11) is 0. The number of allylic oxidation sites excluding steroid dienone is 1. The minimum Gasteiger partial charge on any atom is -0.486 e. The molecule has 1 aromatic rings. The Balaban J connectivity index is 3.18. The molecule has 0 heterocycles. The zero-order chi connectivity index (χ0) is 16.0. The molecule has 0 radical (unpaired) electrons. The van der Waals surface area contributed by atoms with Crippen molar-refractivity contribution in [3.63, 3.8) is 0 Å². The highest BCUT2D eigenvalue weighted by Gasteiger charge is 2.25. The molecule has 4 nitrogen and oxygen atoms in total. The Bertz CT molecular complexity index is 544. The van der Waals surface area contributed by atoms with Crippen molar-refractivity contribution in [1.29, 1.82) is 0 Å². The zero-order valence-corrected chi connectivity index (χ0v) is 12.7. The summed E-state index contributed by atoms with van der Waals surface area (Å²) in [4.78, 5) is 10.4. The van der Waals surface area contributed by atoms with Crippen LogP contribution in [0.2, 0.25) is 0 Å². The van der Waals surface area contributed by atoms with Crippen LogP contribution in [0, 0.1) is 10.1 Å². The molecule has 0 amide bonds. The van der Waals surface area contributed by atoms with E-state index >= 15 is 0 Å². The lowest BCUT2D eigenvalue weighted by Gasteiger charge is -2.10. The van der Waals surface area contributed by atoms with E-state index in [-0.39, 0.29) is 23.6 Å². The molecule has 0 unspecified atom stereocenters. The number of benzene rings is 1. The van der Waals surface area contributed by atoms with E-state index in [0.29, 0.717) is 10.9 Å². The fourth-order valence-corrected chi connectivity index (χ4v) is 2.00. The molecule has 0 aliphatic carbocycles. The summed E-state index contributed by atoms with van der Waals surface area (Å²) >= 11 is 3.10. The Hall–Kier alpha value is -1.57. The van der Waals surface area contributed by atoms with Crippen molar-refractivity contribution < 1.29 is 22.8 Å². The Morgan fingerprint density at radius 3 is 2.62 bits per heavy atom. The van der Waals surface area contributed by atoms with E-state index in [1.165, 1.54) is 18.2 Å². The highest BCUT2D eigenvalue weighted by molar-refractivity contribution is 9.10. The van der Waals surface area contributed by atoms with E-state index in [0.717, 1.165) is 6.08 Å². The summed E-state index contributed by atoms with van der Waals surface area (Å²) in [6.07, 6.45) is -2.72. The Kier molecular flexibility index (Phi) is 6.19. The first-order valence-electron chi connectivity index (χ1n) is 6.08. The summed E-state index contributed by atoms with van der Waals surface area (Å²) in [5.41, 5.74) is -0.0572. The van der Waals surface area contributed by atoms with Crippen molar-refractivity contribution in [2.75, 3.05) is 6.61 Å². The van der Waals surface area contributed by atoms with Crippen LogP contribution in [-0.2, 0) is 0 Å². The average molecular weight is 368 g/mol. The number of nitro benzene ring substituents is 1. The molecule has 1 aromatic carbocycles. The highest BCUT2D eigenvalue weighted by Crippen LogP contribution is 2.36. The van der Waals surface area contributed by atoms with Gasteiger partial charge in [-0.15, -0.1) is 0 Å². The third-order valence-corrected chi connectivity index (χ3v) is 2.81. The van der Waals surface area contributed by atoms with Gasteiger partial charge >= 0.3 is 11.9 Å². The van der Waals surface area contributed by atoms with Gasteiger partial charge in [0.25, 0.3) is 0 Å². The third kappa shape index (κ3) is 5.74. The van der Waals surface area contributed by atoms with Crippen LogP contribution < -0.4 is 4.74 Å². The quantitative estimate of drug-likeness (QED) is 0.518.